The number of aliphatic hydroxyl groups is 1. The van der Waals surface area contributed by atoms with E-state index in [0.717, 1.165) is 44.9 Å². The second-order valence-corrected chi connectivity index (χ2v) is 7.41. The molecule has 7 nitrogen and oxygen atoms in total. The van der Waals surface area contributed by atoms with E-state index < -0.39 is 0 Å². The molecule has 0 aromatic carbocycles. The van der Waals surface area contributed by atoms with Crippen LogP contribution in [0, 0.1) is 6.92 Å². The van der Waals surface area contributed by atoms with Crippen LogP contribution in [0.25, 0.3) is 0 Å². The highest BCUT2D eigenvalue weighted by Crippen LogP contribution is 2.25. The van der Waals surface area contributed by atoms with E-state index in [1.165, 1.54) is 0 Å². The Labute approximate surface area is 144 Å². The first-order valence-corrected chi connectivity index (χ1v) is 9.08. The first-order chi connectivity index (χ1) is 11.5. The van der Waals surface area contributed by atoms with Crippen LogP contribution in [0.15, 0.2) is 4.52 Å². The molecule has 0 bridgehead atoms. The minimum Gasteiger partial charge on any atom is -0.390 e. The van der Waals surface area contributed by atoms with E-state index in [0.29, 0.717) is 18.9 Å². The first kappa shape index (κ1) is 17.8. The monoisotopic (exact) mass is 338 g/mol. The Bertz CT molecular complexity index is 514. The van der Waals surface area contributed by atoms with Gasteiger partial charge in [-0.25, -0.2) is 0 Å². The average Bonchev–Trinajstić information content (AvgIpc) is 2.93. The first-order valence-electron chi connectivity index (χ1n) is 9.08. The minimum atomic E-state index is -0.342. The van der Waals surface area contributed by atoms with Gasteiger partial charge in [0.15, 0.2) is 5.82 Å². The Balaban J connectivity index is 1.48. The van der Waals surface area contributed by atoms with E-state index in [1.54, 1.807) is 0 Å². The van der Waals surface area contributed by atoms with Gasteiger partial charge in [-0.3, -0.25) is 9.80 Å². The number of aryl methyl sites for hydroxylation is 1. The van der Waals surface area contributed by atoms with Crippen molar-refractivity contribution in [1.29, 1.82) is 0 Å². The van der Waals surface area contributed by atoms with E-state index in [4.69, 9.17) is 9.26 Å². The molecule has 3 rings (SSSR count). The van der Waals surface area contributed by atoms with E-state index >= 15 is 0 Å². The number of morpholine rings is 1. The van der Waals surface area contributed by atoms with Crippen LogP contribution >= 0.6 is 0 Å². The molecular weight excluding hydrogens is 308 g/mol. The van der Waals surface area contributed by atoms with Crippen LogP contribution in [0.1, 0.15) is 44.3 Å². The molecule has 2 aliphatic rings. The topological polar surface area (TPSA) is 74.9 Å². The van der Waals surface area contributed by atoms with Crippen molar-refractivity contribution in [2.24, 2.45) is 0 Å². The van der Waals surface area contributed by atoms with Gasteiger partial charge in [0.05, 0.1) is 24.2 Å². The van der Waals surface area contributed by atoms with Crippen LogP contribution in [0.3, 0.4) is 0 Å². The Kier molecular flexibility index (Phi) is 5.86. The molecule has 3 heterocycles. The number of ether oxygens (including phenoxy) is 1. The molecule has 1 N–H and O–H groups in total. The fourth-order valence-electron chi connectivity index (χ4n) is 3.99. The summed E-state index contributed by atoms with van der Waals surface area (Å²) < 4.78 is 11.1. The molecule has 0 aliphatic carbocycles. The number of β-amino-alcohol motifs (C(OH)–C–C–N with tert-alkyl or cyclic N) is 1. The number of aromatic nitrogens is 2. The van der Waals surface area contributed by atoms with Crippen LogP contribution in [-0.4, -0.2) is 82.6 Å². The molecule has 4 unspecified atom stereocenters. The van der Waals surface area contributed by atoms with Crippen LogP contribution < -0.4 is 0 Å². The largest absolute Gasteiger partial charge is 0.390 e. The molecule has 136 valence electrons. The summed E-state index contributed by atoms with van der Waals surface area (Å²) in [5, 5.41) is 14.4. The van der Waals surface area contributed by atoms with Crippen molar-refractivity contribution in [3.05, 3.63) is 11.7 Å². The maximum atomic E-state index is 10.5. The van der Waals surface area contributed by atoms with E-state index in [1.807, 2.05) is 6.92 Å². The summed E-state index contributed by atoms with van der Waals surface area (Å²) in [6, 6.07) is 0. The maximum Gasteiger partial charge on any atom is 0.231 e. The summed E-state index contributed by atoms with van der Waals surface area (Å²) in [5.41, 5.74) is 0. The lowest BCUT2D eigenvalue weighted by Gasteiger charge is -2.38. The summed E-state index contributed by atoms with van der Waals surface area (Å²) in [6.07, 6.45) is 2.31. The molecule has 2 saturated heterocycles. The van der Waals surface area contributed by atoms with Crippen molar-refractivity contribution >= 4 is 0 Å². The summed E-state index contributed by atoms with van der Waals surface area (Å²) in [6.45, 7) is 11.1. The van der Waals surface area contributed by atoms with Crippen LogP contribution in [-0.2, 0) is 4.74 Å². The van der Waals surface area contributed by atoms with Crippen molar-refractivity contribution in [2.75, 3.05) is 39.3 Å². The summed E-state index contributed by atoms with van der Waals surface area (Å²) in [7, 11) is 0. The SMILES string of the molecule is Cc1noc(C2CCCN(CC(O)CN3CC(C)OC(C)C3)C2)n1. The molecule has 0 saturated carbocycles. The standard InChI is InChI=1S/C17H30N4O3/c1-12-7-21(8-13(2)23-12)11-16(22)10-20-6-4-5-15(9-20)17-18-14(3)19-24-17/h12-13,15-16,22H,4-11H2,1-3H3. The van der Waals surface area contributed by atoms with Crippen LogP contribution in [0.5, 0.6) is 0 Å². The fraction of sp³-hybridized carbons (Fsp3) is 0.882. The molecule has 2 aliphatic heterocycles. The zero-order valence-electron chi connectivity index (χ0n) is 15.0. The number of nitrogens with zero attached hydrogens (tertiary/aromatic N) is 4. The van der Waals surface area contributed by atoms with Crippen LogP contribution in [0.2, 0.25) is 0 Å². The van der Waals surface area contributed by atoms with Gasteiger partial charge in [0, 0.05) is 32.7 Å². The lowest BCUT2D eigenvalue weighted by molar-refractivity contribution is -0.0783. The van der Waals surface area contributed by atoms with E-state index in [2.05, 4.69) is 33.8 Å². The van der Waals surface area contributed by atoms with Gasteiger partial charge in [-0.15, -0.1) is 0 Å². The smallest absolute Gasteiger partial charge is 0.231 e. The third-order valence-corrected chi connectivity index (χ3v) is 4.83. The third kappa shape index (κ3) is 4.75. The molecule has 1 aromatic rings. The Morgan fingerprint density at radius 3 is 2.54 bits per heavy atom. The predicted molar refractivity (Wildman–Crippen MR) is 89.9 cm³/mol. The molecule has 24 heavy (non-hydrogen) atoms. The summed E-state index contributed by atoms with van der Waals surface area (Å²) in [4.78, 5) is 9.01. The molecule has 0 spiro atoms. The average molecular weight is 338 g/mol. The molecule has 0 radical (unpaired) electrons. The van der Waals surface area contributed by atoms with E-state index in [9.17, 15) is 5.11 Å². The highest BCUT2D eigenvalue weighted by Gasteiger charge is 2.28. The number of rotatable bonds is 5. The van der Waals surface area contributed by atoms with Crippen molar-refractivity contribution < 1.29 is 14.4 Å². The second-order valence-electron chi connectivity index (χ2n) is 7.41. The van der Waals surface area contributed by atoms with Gasteiger partial charge in [0.1, 0.15) is 0 Å². The highest BCUT2D eigenvalue weighted by molar-refractivity contribution is 4.96. The number of hydrogen-bond donors (Lipinski definition) is 1. The quantitative estimate of drug-likeness (QED) is 0.859. The second kappa shape index (κ2) is 7.91. The molecule has 4 atom stereocenters. The highest BCUT2D eigenvalue weighted by atomic mass is 16.5. The lowest BCUT2D eigenvalue weighted by atomic mass is 9.97. The predicted octanol–water partition coefficient (Wildman–Crippen LogP) is 1.03. The van der Waals surface area contributed by atoms with Gasteiger partial charge in [0.2, 0.25) is 5.89 Å². The molecule has 1 aromatic heterocycles. The van der Waals surface area contributed by atoms with Crippen molar-refractivity contribution in [1.82, 2.24) is 19.9 Å². The van der Waals surface area contributed by atoms with Crippen LogP contribution in [0.4, 0.5) is 0 Å². The molecule has 7 heteroatoms. The van der Waals surface area contributed by atoms with Gasteiger partial charge in [0.25, 0.3) is 0 Å². The zero-order chi connectivity index (χ0) is 17.1. The Morgan fingerprint density at radius 2 is 1.88 bits per heavy atom. The normalized spacial score (nSPS) is 31.2. The lowest BCUT2D eigenvalue weighted by Crippen LogP contribution is -2.50. The zero-order valence-corrected chi connectivity index (χ0v) is 15.0. The van der Waals surface area contributed by atoms with Crippen molar-refractivity contribution in [2.45, 2.75) is 57.8 Å². The van der Waals surface area contributed by atoms with Crippen molar-refractivity contribution in [3.8, 4) is 0 Å². The Hall–Kier alpha value is -1.02. The summed E-state index contributed by atoms with van der Waals surface area (Å²) in [5.74, 6) is 1.72. The number of hydrogen-bond acceptors (Lipinski definition) is 7. The maximum absolute atomic E-state index is 10.5. The van der Waals surface area contributed by atoms with Crippen molar-refractivity contribution in [3.63, 3.8) is 0 Å². The van der Waals surface area contributed by atoms with Gasteiger partial charge in [-0.1, -0.05) is 5.16 Å². The summed E-state index contributed by atoms with van der Waals surface area (Å²) >= 11 is 0. The van der Waals surface area contributed by atoms with Gasteiger partial charge < -0.3 is 14.4 Å². The Morgan fingerprint density at radius 1 is 1.17 bits per heavy atom. The van der Waals surface area contributed by atoms with E-state index in [-0.39, 0.29) is 24.2 Å². The third-order valence-electron chi connectivity index (χ3n) is 4.83. The fourth-order valence-corrected chi connectivity index (χ4v) is 3.99. The molecule has 2 fully saturated rings. The minimum absolute atomic E-state index is 0.237. The van der Waals surface area contributed by atoms with Gasteiger partial charge in [-0.2, -0.15) is 4.98 Å². The van der Waals surface area contributed by atoms with Gasteiger partial charge >= 0.3 is 0 Å². The number of piperidine rings is 1. The number of likely N-dealkylation sites (tertiary alicyclic amines) is 1. The van der Waals surface area contributed by atoms with Gasteiger partial charge in [-0.05, 0) is 40.2 Å². The molecule has 0 amide bonds. The number of aliphatic hydroxyl groups excluding tert-OH is 1. The molecular formula is C17H30N4O3.